The van der Waals surface area contributed by atoms with Crippen molar-refractivity contribution in [2.45, 2.75) is 44.9 Å². The summed E-state index contributed by atoms with van der Waals surface area (Å²) in [7, 11) is 0. The Labute approximate surface area is 103 Å². The van der Waals surface area contributed by atoms with Crippen molar-refractivity contribution in [3.63, 3.8) is 0 Å². The van der Waals surface area contributed by atoms with Crippen LogP contribution < -0.4 is 10.5 Å². The van der Waals surface area contributed by atoms with Crippen LogP contribution >= 0.6 is 0 Å². The lowest BCUT2D eigenvalue weighted by molar-refractivity contribution is 0.0264. The Morgan fingerprint density at radius 3 is 2.94 bits per heavy atom. The maximum atomic E-state index is 5.84. The van der Waals surface area contributed by atoms with Gasteiger partial charge in [-0.25, -0.2) is 0 Å². The van der Waals surface area contributed by atoms with E-state index in [2.05, 4.69) is 6.92 Å². The normalized spacial score (nSPS) is 25.8. The van der Waals surface area contributed by atoms with Crippen molar-refractivity contribution >= 4 is 0 Å². The molecule has 1 aliphatic heterocycles. The van der Waals surface area contributed by atoms with Crippen molar-refractivity contribution in [2.24, 2.45) is 5.73 Å². The summed E-state index contributed by atoms with van der Waals surface area (Å²) in [6.07, 6.45) is 2.84. The second kappa shape index (κ2) is 5.52. The maximum absolute atomic E-state index is 5.84. The summed E-state index contributed by atoms with van der Waals surface area (Å²) in [4.78, 5) is 0. The van der Waals surface area contributed by atoms with E-state index in [0.29, 0.717) is 12.7 Å². The van der Waals surface area contributed by atoms with Crippen molar-refractivity contribution in [1.82, 2.24) is 0 Å². The van der Waals surface area contributed by atoms with E-state index in [1.807, 2.05) is 31.2 Å². The first-order valence-corrected chi connectivity index (χ1v) is 6.29. The fourth-order valence-electron chi connectivity index (χ4n) is 2.08. The average molecular weight is 235 g/mol. The first kappa shape index (κ1) is 12.4. The van der Waals surface area contributed by atoms with Crippen molar-refractivity contribution < 1.29 is 9.47 Å². The predicted molar refractivity (Wildman–Crippen MR) is 68.1 cm³/mol. The quantitative estimate of drug-likeness (QED) is 0.872. The van der Waals surface area contributed by atoms with Gasteiger partial charge in [-0.1, -0.05) is 12.1 Å². The number of benzene rings is 1. The molecule has 2 unspecified atom stereocenters. The van der Waals surface area contributed by atoms with Gasteiger partial charge in [0.15, 0.2) is 0 Å². The molecule has 0 saturated carbocycles. The van der Waals surface area contributed by atoms with E-state index in [4.69, 9.17) is 15.2 Å². The van der Waals surface area contributed by atoms with Gasteiger partial charge in [0.1, 0.15) is 12.4 Å². The molecule has 3 nitrogen and oxygen atoms in total. The third kappa shape index (κ3) is 3.45. The average Bonchev–Trinajstić information content (AvgIpc) is 2.73. The molecule has 0 bridgehead atoms. The molecule has 94 valence electrons. The van der Waals surface area contributed by atoms with Crippen LogP contribution in [-0.4, -0.2) is 18.8 Å². The van der Waals surface area contributed by atoms with E-state index in [-0.39, 0.29) is 12.1 Å². The summed E-state index contributed by atoms with van der Waals surface area (Å²) in [5.41, 5.74) is 6.94. The lowest BCUT2D eigenvalue weighted by Crippen LogP contribution is -2.18. The van der Waals surface area contributed by atoms with Crippen LogP contribution in [0.25, 0.3) is 0 Å². The van der Waals surface area contributed by atoms with E-state index in [9.17, 15) is 0 Å². The Hall–Kier alpha value is -1.06. The van der Waals surface area contributed by atoms with Crippen LogP contribution in [0.5, 0.6) is 5.75 Å². The standard InChI is InChI=1S/C14H21NO2/c1-10-6-7-14(17-10)9-16-13-5-3-4-12(8-13)11(2)15/h3-5,8,10-11,14H,6-7,9,15H2,1-2H3/t10?,11-,14?/m1/s1. The van der Waals surface area contributed by atoms with Crippen LogP contribution in [0.1, 0.15) is 38.3 Å². The molecule has 3 heteroatoms. The van der Waals surface area contributed by atoms with Crippen LogP contribution in [0, 0.1) is 0 Å². The summed E-state index contributed by atoms with van der Waals surface area (Å²) in [5, 5.41) is 0. The van der Waals surface area contributed by atoms with Crippen molar-refractivity contribution in [2.75, 3.05) is 6.61 Å². The number of ether oxygens (including phenoxy) is 2. The third-order valence-electron chi connectivity index (χ3n) is 3.14. The molecule has 2 rings (SSSR count). The molecule has 1 aromatic rings. The van der Waals surface area contributed by atoms with E-state index in [1.165, 1.54) is 0 Å². The molecular weight excluding hydrogens is 214 g/mol. The number of hydrogen-bond donors (Lipinski definition) is 1. The highest BCUT2D eigenvalue weighted by Crippen LogP contribution is 2.22. The molecule has 1 fully saturated rings. The summed E-state index contributed by atoms with van der Waals surface area (Å²) in [6.45, 7) is 4.71. The summed E-state index contributed by atoms with van der Waals surface area (Å²) >= 11 is 0. The van der Waals surface area contributed by atoms with Gasteiger partial charge in [-0.3, -0.25) is 0 Å². The molecule has 0 aliphatic carbocycles. The molecule has 0 aromatic heterocycles. The van der Waals surface area contributed by atoms with Crippen LogP contribution in [-0.2, 0) is 4.74 Å². The first-order chi connectivity index (χ1) is 8.15. The van der Waals surface area contributed by atoms with E-state index >= 15 is 0 Å². The fourth-order valence-corrected chi connectivity index (χ4v) is 2.08. The Balaban J connectivity index is 1.88. The van der Waals surface area contributed by atoms with Gasteiger partial charge in [0.25, 0.3) is 0 Å². The van der Waals surface area contributed by atoms with Crippen LogP contribution in [0.3, 0.4) is 0 Å². The minimum absolute atomic E-state index is 0.0429. The zero-order valence-corrected chi connectivity index (χ0v) is 10.6. The van der Waals surface area contributed by atoms with Gasteiger partial charge in [-0.15, -0.1) is 0 Å². The van der Waals surface area contributed by atoms with Crippen LogP contribution in [0.2, 0.25) is 0 Å². The smallest absolute Gasteiger partial charge is 0.119 e. The van der Waals surface area contributed by atoms with Gasteiger partial charge in [0.05, 0.1) is 12.2 Å². The number of rotatable bonds is 4. The SMILES string of the molecule is CC1CCC(COc2cccc([C@@H](C)N)c2)O1. The van der Waals surface area contributed by atoms with Crippen LogP contribution in [0.4, 0.5) is 0 Å². The molecule has 1 aliphatic rings. The highest BCUT2D eigenvalue weighted by atomic mass is 16.5. The van der Waals surface area contributed by atoms with Gasteiger partial charge in [0, 0.05) is 6.04 Å². The monoisotopic (exact) mass is 235 g/mol. The van der Waals surface area contributed by atoms with Gasteiger partial charge >= 0.3 is 0 Å². The Morgan fingerprint density at radius 2 is 2.29 bits per heavy atom. The van der Waals surface area contributed by atoms with E-state index in [1.54, 1.807) is 0 Å². The van der Waals surface area contributed by atoms with E-state index in [0.717, 1.165) is 24.2 Å². The lowest BCUT2D eigenvalue weighted by atomic mass is 10.1. The molecule has 0 spiro atoms. The molecule has 1 aromatic carbocycles. The molecule has 1 heterocycles. The first-order valence-electron chi connectivity index (χ1n) is 6.29. The van der Waals surface area contributed by atoms with Crippen molar-refractivity contribution in [1.29, 1.82) is 0 Å². The van der Waals surface area contributed by atoms with Crippen LogP contribution in [0.15, 0.2) is 24.3 Å². The second-order valence-electron chi connectivity index (χ2n) is 4.82. The molecule has 0 amide bonds. The second-order valence-corrected chi connectivity index (χ2v) is 4.82. The molecule has 0 radical (unpaired) electrons. The predicted octanol–water partition coefficient (Wildman–Crippen LogP) is 2.65. The topological polar surface area (TPSA) is 44.5 Å². The number of nitrogens with two attached hydrogens (primary N) is 1. The highest BCUT2D eigenvalue weighted by molar-refractivity contribution is 5.30. The minimum atomic E-state index is 0.0429. The highest BCUT2D eigenvalue weighted by Gasteiger charge is 2.22. The number of hydrogen-bond acceptors (Lipinski definition) is 3. The molecule has 17 heavy (non-hydrogen) atoms. The largest absolute Gasteiger partial charge is 0.491 e. The Morgan fingerprint density at radius 1 is 1.47 bits per heavy atom. The van der Waals surface area contributed by atoms with Crippen molar-refractivity contribution in [3.8, 4) is 5.75 Å². The van der Waals surface area contributed by atoms with Gasteiger partial charge in [-0.05, 0) is 44.4 Å². The van der Waals surface area contributed by atoms with Gasteiger partial charge < -0.3 is 15.2 Å². The lowest BCUT2D eigenvalue weighted by Gasteiger charge is -2.14. The Kier molecular flexibility index (Phi) is 4.02. The molecule has 1 saturated heterocycles. The molecule has 2 N–H and O–H groups in total. The molecule has 3 atom stereocenters. The van der Waals surface area contributed by atoms with Gasteiger partial charge in [0.2, 0.25) is 0 Å². The zero-order valence-electron chi connectivity index (χ0n) is 10.6. The van der Waals surface area contributed by atoms with Crippen molar-refractivity contribution in [3.05, 3.63) is 29.8 Å². The summed E-state index contributed by atoms with van der Waals surface area (Å²) in [5.74, 6) is 0.878. The Bertz CT molecular complexity index is 365. The summed E-state index contributed by atoms with van der Waals surface area (Å²) < 4.78 is 11.5. The zero-order chi connectivity index (χ0) is 12.3. The van der Waals surface area contributed by atoms with E-state index < -0.39 is 0 Å². The minimum Gasteiger partial charge on any atom is -0.491 e. The fraction of sp³-hybridized carbons (Fsp3) is 0.571. The maximum Gasteiger partial charge on any atom is 0.119 e. The third-order valence-corrected chi connectivity index (χ3v) is 3.14. The van der Waals surface area contributed by atoms with Gasteiger partial charge in [-0.2, -0.15) is 0 Å². The summed E-state index contributed by atoms with van der Waals surface area (Å²) in [6, 6.07) is 8.01. The molecular formula is C14H21NO2.